The highest BCUT2D eigenvalue weighted by atomic mass is 32.2. The standard InChI is InChI=1S/C18H15N3O5S/c22-13-7-5-12(6-8-13)21-17(26)15(9-16(24)25)27-18(21)20-19-10-11-3-1-2-4-14(11)23/h1-8,10,15,22-23H,9H2,(H,24,25)/b19-10+,20-18?. The third kappa shape index (κ3) is 4.26. The van der Waals surface area contributed by atoms with Crippen molar-refractivity contribution >= 4 is 40.7 Å². The van der Waals surface area contributed by atoms with Crippen molar-refractivity contribution in [1.82, 2.24) is 0 Å². The number of para-hydroxylation sites is 1. The number of carboxylic acids is 1. The third-order valence-electron chi connectivity index (χ3n) is 3.68. The van der Waals surface area contributed by atoms with Gasteiger partial charge in [-0.15, -0.1) is 5.10 Å². The monoisotopic (exact) mass is 385 g/mol. The van der Waals surface area contributed by atoms with E-state index in [9.17, 15) is 19.8 Å². The Labute approximate surface area is 158 Å². The molecule has 1 heterocycles. The molecule has 1 atom stereocenters. The summed E-state index contributed by atoms with van der Waals surface area (Å²) in [5.41, 5.74) is 0.893. The second-order valence-electron chi connectivity index (χ2n) is 5.58. The molecular formula is C18H15N3O5S. The molecule has 3 N–H and O–H groups in total. The molecule has 9 heteroatoms. The van der Waals surface area contributed by atoms with Crippen molar-refractivity contribution in [3.63, 3.8) is 0 Å². The van der Waals surface area contributed by atoms with Crippen LogP contribution < -0.4 is 4.90 Å². The molecule has 1 aliphatic rings. The number of carbonyl (C=O) groups excluding carboxylic acids is 1. The smallest absolute Gasteiger partial charge is 0.305 e. The van der Waals surface area contributed by atoms with Crippen LogP contribution >= 0.6 is 11.8 Å². The summed E-state index contributed by atoms with van der Waals surface area (Å²) >= 11 is 1.00. The van der Waals surface area contributed by atoms with Crippen molar-refractivity contribution in [2.45, 2.75) is 11.7 Å². The molecule has 0 aliphatic carbocycles. The first-order valence-electron chi connectivity index (χ1n) is 7.86. The van der Waals surface area contributed by atoms with Crippen LogP contribution in [0.4, 0.5) is 5.69 Å². The highest BCUT2D eigenvalue weighted by molar-refractivity contribution is 8.16. The highest BCUT2D eigenvalue weighted by Gasteiger charge is 2.40. The van der Waals surface area contributed by atoms with Crippen LogP contribution in [0.2, 0.25) is 0 Å². The Hall–Kier alpha value is -3.33. The van der Waals surface area contributed by atoms with Gasteiger partial charge >= 0.3 is 5.97 Å². The normalized spacial score (nSPS) is 18.5. The van der Waals surface area contributed by atoms with Gasteiger partial charge in [-0.1, -0.05) is 23.9 Å². The average molecular weight is 385 g/mol. The summed E-state index contributed by atoms with van der Waals surface area (Å²) in [5, 5.41) is 35.5. The molecule has 1 unspecified atom stereocenters. The van der Waals surface area contributed by atoms with E-state index >= 15 is 0 Å². The first-order valence-corrected chi connectivity index (χ1v) is 8.74. The minimum atomic E-state index is -1.09. The number of hydrogen-bond acceptors (Lipinski definition) is 7. The fourth-order valence-corrected chi connectivity index (χ4v) is 3.48. The second-order valence-corrected chi connectivity index (χ2v) is 6.75. The van der Waals surface area contributed by atoms with Crippen LogP contribution in [0, 0.1) is 0 Å². The summed E-state index contributed by atoms with van der Waals surface area (Å²) in [6, 6.07) is 12.4. The van der Waals surface area contributed by atoms with Gasteiger partial charge in [0.25, 0.3) is 0 Å². The summed E-state index contributed by atoms with van der Waals surface area (Å²) in [6.45, 7) is 0. The molecule has 0 radical (unpaired) electrons. The van der Waals surface area contributed by atoms with Crippen LogP contribution in [0.5, 0.6) is 11.5 Å². The number of phenolic OH excluding ortho intramolecular Hbond substituents is 2. The molecule has 1 amide bonds. The lowest BCUT2D eigenvalue weighted by Gasteiger charge is -2.15. The Kier molecular flexibility index (Phi) is 5.41. The molecule has 2 aromatic carbocycles. The molecule has 2 aromatic rings. The number of amides is 1. The molecule has 0 spiro atoms. The molecule has 3 rings (SSSR count). The number of aliphatic carboxylic acids is 1. The Morgan fingerprint density at radius 2 is 1.85 bits per heavy atom. The number of benzene rings is 2. The van der Waals surface area contributed by atoms with E-state index in [2.05, 4.69) is 10.2 Å². The van der Waals surface area contributed by atoms with Crippen molar-refractivity contribution < 1.29 is 24.9 Å². The number of aromatic hydroxyl groups is 2. The first kappa shape index (κ1) is 18.5. The van der Waals surface area contributed by atoms with Gasteiger partial charge in [-0.3, -0.25) is 14.5 Å². The number of phenols is 2. The van der Waals surface area contributed by atoms with Crippen LogP contribution in [0.3, 0.4) is 0 Å². The Morgan fingerprint density at radius 3 is 2.52 bits per heavy atom. The predicted octanol–water partition coefficient (Wildman–Crippen LogP) is 2.41. The molecule has 138 valence electrons. The van der Waals surface area contributed by atoms with Gasteiger partial charge in [0.1, 0.15) is 16.7 Å². The predicted molar refractivity (Wildman–Crippen MR) is 102 cm³/mol. The van der Waals surface area contributed by atoms with E-state index in [0.717, 1.165) is 11.8 Å². The molecule has 8 nitrogen and oxygen atoms in total. The van der Waals surface area contributed by atoms with Gasteiger partial charge in [-0.2, -0.15) is 5.10 Å². The van der Waals surface area contributed by atoms with Crippen LogP contribution in [-0.4, -0.2) is 43.8 Å². The Balaban J connectivity index is 1.91. The molecule has 0 bridgehead atoms. The third-order valence-corrected chi connectivity index (χ3v) is 4.81. The Bertz CT molecular complexity index is 927. The number of carboxylic acid groups (broad SMARTS) is 1. The van der Waals surface area contributed by atoms with Gasteiger partial charge < -0.3 is 15.3 Å². The zero-order chi connectivity index (χ0) is 19.4. The molecule has 0 aromatic heterocycles. The summed E-state index contributed by atoms with van der Waals surface area (Å²) in [7, 11) is 0. The van der Waals surface area contributed by atoms with Crippen molar-refractivity contribution in [2.75, 3.05) is 4.90 Å². The first-order chi connectivity index (χ1) is 13.0. The number of carbonyl (C=O) groups is 2. The summed E-state index contributed by atoms with van der Waals surface area (Å²) in [5.74, 6) is -1.44. The maximum atomic E-state index is 12.6. The SMILES string of the molecule is O=C(O)CC1SC(=N/N=C/c2ccccc2O)N(c2ccc(O)cc2)C1=O. The topological polar surface area (TPSA) is 123 Å². The number of thioether (sulfide) groups is 1. The van der Waals surface area contributed by atoms with Crippen LogP contribution in [0.25, 0.3) is 0 Å². The van der Waals surface area contributed by atoms with Crippen LogP contribution in [-0.2, 0) is 9.59 Å². The van der Waals surface area contributed by atoms with Crippen molar-refractivity contribution in [2.24, 2.45) is 10.2 Å². The van der Waals surface area contributed by atoms with Crippen molar-refractivity contribution in [3.8, 4) is 11.5 Å². The van der Waals surface area contributed by atoms with E-state index < -0.39 is 17.1 Å². The van der Waals surface area contributed by atoms with Gasteiger partial charge in [0.15, 0.2) is 5.17 Å². The maximum Gasteiger partial charge on any atom is 0.305 e. The van der Waals surface area contributed by atoms with Gasteiger partial charge in [-0.25, -0.2) is 0 Å². The fourth-order valence-electron chi connectivity index (χ4n) is 2.40. The molecular weight excluding hydrogens is 370 g/mol. The van der Waals surface area contributed by atoms with Gasteiger partial charge in [0.2, 0.25) is 5.91 Å². The molecule has 1 fully saturated rings. The van der Waals surface area contributed by atoms with Crippen molar-refractivity contribution in [1.29, 1.82) is 0 Å². The zero-order valence-corrected chi connectivity index (χ0v) is 14.7. The Morgan fingerprint density at radius 1 is 1.15 bits per heavy atom. The number of hydrogen-bond donors (Lipinski definition) is 3. The average Bonchev–Trinajstić information content (AvgIpc) is 2.92. The lowest BCUT2D eigenvalue weighted by molar-refractivity contribution is -0.138. The number of amidine groups is 1. The van der Waals surface area contributed by atoms with Crippen molar-refractivity contribution in [3.05, 3.63) is 54.1 Å². The maximum absolute atomic E-state index is 12.6. The number of rotatable bonds is 5. The van der Waals surface area contributed by atoms with Crippen LogP contribution in [0.15, 0.2) is 58.7 Å². The van der Waals surface area contributed by atoms with E-state index in [1.807, 2.05) is 0 Å². The lowest BCUT2D eigenvalue weighted by atomic mass is 10.2. The molecule has 1 aliphatic heterocycles. The summed E-state index contributed by atoms with van der Waals surface area (Å²) in [6.07, 6.45) is 0.993. The van der Waals surface area contributed by atoms with Gasteiger partial charge in [0.05, 0.1) is 18.3 Å². The second kappa shape index (κ2) is 7.92. The summed E-state index contributed by atoms with van der Waals surface area (Å²) in [4.78, 5) is 24.9. The quantitative estimate of drug-likeness (QED) is 0.536. The number of nitrogens with zero attached hydrogens (tertiary/aromatic N) is 3. The number of anilines is 1. The van der Waals surface area contributed by atoms with E-state index in [-0.39, 0.29) is 23.1 Å². The largest absolute Gasteiger partial charge is 0.508 e. The minimum absolute atomic E-state index is 0.0377. The molecule has 27 heavy (non-hydrogen) atoms. The van der Waals surface area contributed by atoms with E-state index in [1.54, 1.807) is 18.2 Å². The minimum Gasteiger partial charge on any atom is -0.508 e. The fraction of sp³-hybridized carbons (Fsp3) is 0.111. The van der Waals surface area contributed by atoms with E-state index in [1.165, 1.54) is 41.4 Å². The van der Waals surface area contributed by atoms with E-state index in [4.69, 9.17) is 5.11 Å². The van der Waals surface area contributed by atoms with Gasteiger partial charge in [0, 0.05) is 5.56 Å². The van der Waals surface area contributed by atoms with Gasteiger partial charge in [-0.05, 0) is 36.4 Å². The van der Waals surface area contributed by atoms with Crippen LogP contribution in [0.1, 0.15) is 12.0 Å². The zero-order valence-electron chi connectivity index (χ0n) is 13.9. The summed E-state index contributed by atoms with van der Waals surface area (Å²) < 4.78 is 0. The molecule has 1 saturated heterocycles. The van der Waals surface area contributed by atoms with E-state index in [0.29, 0.717) is 11.3 Å². The molecule has 0 saturated carbocycles. The lowest BCUT2D eigenvalue weighted by Crippen LogP contribution is -2.32. The highest BCUT2D eigenvalue weighted by Crippen LogP contribution is 2.34.